The topological polar surface area (TPSA) is 69.7 Å². The van der Waals surface area contributed by atoms with Gasteiger partial charge in [-0.3, -0.25) is 14.4 Å². The third-order valence-corrected chi connectivity index (χ3v) is 4.95. The zero-order chi connectivity index (χ0) is 19.8. The molecule has 146 valence electrons. The normalized spacial score (nSPS) is 16.6. The van der Waals surface area contributed by atoms with E-state index in [1.165, 1.54) is 0 Å². The summed E-state index contributed by atoms with van der Waals surface area (Å²) in [5, 5.41) is 0. The lowest BCUT2D eigenvalue weighted by molar-refractivity contribution is -0.167. The first-order valence-electron chi connectivity index (χ1n) is 9.56. The second-order valence-corrected chi connectivity index (χ2v) is 7.06. The molecule has 5 nitrogen and oxygen atoms in total. The number of hydrogen-bond acceptors (Lipinski definition) is 5. The maximum atomic E-state index is 12.7. The minimum Gasteiger partial charge on any atom is -0.460 e. The average Bonchev–Trinajstić information content (AvgIpc) is 2.72. The summed E-state index contributed by atoms with van der Waals surface area (Å²) in [6.07, 6.45) is 2.03. The fraction of sp³-hybridized carbons (Fsp3) is 0.348. The number of carbonyl (C=O) groups is 3. The highest BCUT2D eigenvalue weighted by Crippen LogP contribution is 2.30. The van der Waals surface area contributed by atoms with Crippen molar-refractivity contribution in [3.8, 4) is 0 Å². The van der Waals surface area contributed by atoms with Gasteiger partial charge in [0.15, 0.2) is 5.92 Å². The number of ketones is 1. The number of benzene rings is 2. The molecule has 0 amide bonds. The van der Waals surface area contributed by atoms with E-state index in [-0.39, 0.29) is 31.3 Å². The van der Waals surface area contributed by atoms with E-state index in [1.54, 1.807) is 0 Å². The van der Waals surface area contributed by atoms with Crippen LogP contribution in [-0.2, 0) is 37.1 Å². The van der Waals surface area contributed by atoms with Crippen LogP contribution in [-0.4, -0.2) is 17.7 Å². The lowest BCUT2D eigenvalue weighted by Gasteiger charge is -2.26. The van der Waals surface area contributed by atoms with Gasteiger partial charge < -0.3 is 9.47 Å². The van der Waals surface area contributed by atoms with Crippen LogP contribution in [0.1, 0.15) is 36.8 Å². The Morgan fingerprint density at radius 2 is 1.36 bits per heavy atom. The highest BCUT2D eigenvalue weighted by atomic mass is 16.6. The van der Waals surface area contributed by atoms with E-state index in [0.29, 0.717) is 19.3 Å². The van der Waals surface area contributed by atoms with Crippen LogP contribution in [0, 0.1) is 11.8 Å². The fourth-order valence-electron chi connectivity index (χ4n) is 3.46. The molecule has 1 aliphatic carbocycles. The van der Waals surface area contributed by atoms with Crippen LogP contribution in [0.5, 0.6) is 0 Å². The third-order valence-electron chi connectivity index (χ3n) is 4.95. The minimum atomic E-state index is -1.07. The van der Waals surface area contributed by atoms with Gasteiger partial charge in [0.25, 0.3) is 0 Å². The molecule has 0 aromatic heterocycles. The number of rotatable bonds is 7. The van der Waals surface area contributed by atoms with Crippen LogP contribution in [0.2, 0.25) is 0 Å². The highest BCUT2D eigenvalue weighted by Gasteiger charge is 2.39. The van der Waals surface area contributed by atoms with Crippen molar-refractivity contribution >= 4 is 17.7 Å². The maximum absolute atomic E-state index is 12.7. The number of hydrogen-bond donors (Lipinski definition) is 0. The van der Waals surface area contributed by atoms with E-state index in [4.69, 9.17) is 9.47 Å². The summed E-state index contributed by atoms with van der Waals surface area (Å²) >= 11 is 0. The smallest absolute Gasteiger partial charge is 0.320 e. The SMILES string of the molecule is O=C1CCC[C@H](C(C(=O)OCc2ccccc2)C(=O)OCc2ccccc2)C1. The van der Waals surface area contributed by atoms with Gasteiger partial charge >= 0.3 is 11.9 Å². The molecule has 1 fully saturated rings. The highest BCUT2D eigenvalue weighted by molar-refractivity contribution is 5.96. The molecule has 1 aliphatic rings. The predicted molar refractivity (Wildman–Crippen MR) is 103 cm³/mol. The zero-order valence-electron chi connectivity index (χ0n) is 15.7. The first-order chi connectivity index (χ1) is 13.6. The van der Waals surface area contributed by atoms with Crippen LogP contribution in [0.4, 0.5) is 0 Å². The van der Waals surface area contributed by atoms with Crippen molar-refractivity contribution in [3.63, 3.8) is 0 Å². The van der Waals surface area contributed by atoms with Gasteiger partial charge in [-0.1, -0.05) is 60.7 Å². The quantitative estimate of drug-likeness (QED) is 0.539. The number of ether oxygens (including phenoxy) is 2. The lowest BCUT2D eigenvalue weighted by atomic mass is 9.79. The summed E-state index contributed by atoms with van der Waals surface area (Å²) in [7, 11) is 0. The van der Waals surface area contributed by atoms with Crippen molar-refractivity contribution in [2.24, 2.45) is 11.8 Å². The summed E-state index contributed by atoms with van der Waals surface area (Å²) in [5.41, 5.74) is 1.68. The average molecular weight is 380 g/mol. The molecule has 0 aliphatic heterocycles. The van der Waals surface area contributed by atoms with Crippen molar-refractivity contribution in [1.82, 2.24) is 0 Å². The Labute approximate surface area is 164 Å². The largest absolute Gasteiger partial charge is 0.460 e. The molecule has 0 bridgehead atoms. The summed E-state index contributed by atoms with van der Waals surface area (Å²) in [5.74, 6) is -2.61. The Kier molecular flexibility index (Phi) is 6.95. The van der Waals surface area contributed by atoms with E-state index in [9.17, 15) is 14.4 Å². The second kappa shape index (κ2) is 9.83. The number of Topliss-reactive ketones (excluding diaryl/α,β-unsaturated/α-hetero) is 1. The van der Waals surface area contributed by atoms with Gasteiger partial charge in [0, 0.05) is 12.8 Å². The third kappa shape index (κ3) is 5.52. The van der Waals surface area contributed by atoms with Gasteiger partial charge in [-0.05, 0) is 29.9 Å². The molecular formula is C23H24O5. The van der Waals surface area contributed by atoms with Crippen LogP contribution in [0.3, 0.4) is 0 Å². The molecular weight excluding hydrogens is 356 g/mol. The van der Waals surface area contributed by atoms with E-state index in [0.717, 1.165) is 11.1 Å². The fourth-order valence-corrected chi connectivity index (χ4v) is 3.46. The molecule has 28 heavy (non-hydrogen) atoms. The molecule has 2 aromatic carbocycles. The van der Waals surface area contributed by atoms with Gasteiger partial charge in [-0.15, -0.1) is 0 Å². The van der Waals surface area contributed by atoms with Crippen molar-refractivity contribution in [2.75, 3.05) is 0 Å². The van der Waals surface area contributed by atoms with Crippen LogP contribution >= 0.6 is 0 Å². The summed E-state index contributed by atoms with van der Waals surface area (Å²) in [6.45, 7) is 0.172. The number of carbonyl (C=O) groups excluding carboxylic acids is 3. The Morgan fingerprint density at radius 3 is 1.82 bits per heavy atom. The van der Waals surface area contributed by atoms with Gasteiger partial charge in [0.05, 0.1) is 0 Å². The molecule has 0 saturated heterocycles. The van der Waals surface area contributed by atoms with Crippen LogP contribution in [0.25, 0.3) is 0 Å². The predicted octanol–water partition coefficient (Wildman–Crippen LogP) is 3.85. The molecule has 5 heteroatoms. The Morgan fingerprint density at radius 1 is 0.857 bits per heavy atom. The molecule has 0 N–H and O–H groups in total. The lowest BCUT2D eigenvalue weighted by Crippen LogP contribution is -2.37. The second-order valence-electron chi connectivity index (χ2n) is 7.06. The Balaban J connectivity index is 1.67. The Bertz CT molecular complexity index is 745. The molecule has 0 spiro atoms. The number of esters is 2. The van der Waals surface area contributed by atoms with Crippen molar-refractivity contribution in [1.29, 1.82) is 0 Å². The van der Waals surface area contributed by atoms with E-state index < -0.39 is 17.9 Å². The van der Waals surface area contributed by atoms with E-state index >= 15 is 0 Å². The first kappa shape index (κ1) is 19.8. The van der Waals surface area contributed by atoms with Gasteiger partial charge in [0.1, 0.15) is 19.0 Å². The summed E-state index contributed by atoms with van der Waals surface area (Å²) in [4.78, 5) is 37.4. The molecule has 0 heterocycles. The van der Waals surface area contributed by atoms with Crippen LogP contribution < -0.4 is 0 Å². The minimum absolute atomic E-state index is 0.0768. The molecule has 3 rings (SSSR count). The Hall–Kier alpha value is -2.95. The van der Waals surface area contributed by atoms with Gasteiger partial charge in [-0.25, -0.2) is 0 Å². The van der Waals surface area contributed by atoms with Crippen molar-refractivity contribution in [2.45, 2.75) is 38.9 Å². The summed E-state index contributed by atoms with van der Waals surface area (Å²) < 4.78 is 10.8. The van der Waals surface area contributed by atoms with Gasteiger partial charge in [-0.2, -0.15) is 0 Å². The molecule has 0 radical (unpaired) electrons. The van der Waals surface area contributed by atoms with Crippen LogP contribution in [0.15, 0.2) is 60.7 Å². The standard InChI is InChI=1S/C23H24O5/c24-20-13-7-12-19(14-20)21(22(25)27-15-17-8-3-1-4-9-17)23(26)28-16-18-10-5-2-6-11-18/h1-6,8-11,19,21H,7,12-16H2/t19-/m0/s1. The van der Waals surface area contributed by atoms with E-state index in [1.807, 2.05) is 60.7 Å². The van der Waals surface area contributed by atoms with E-state index in [2.05, 4.69) is 0 Å². The van der Waals surface area contributed by atoms with Crippen molar-refractivity contribution < 1.29 is 23.9 Å². The molecule has 1 atom stereocenters. The van der Waals surface area contributed by atoms with Crippen molar-refractivity contribution in [3.05, 3.63) is 71.8 Å². The first-order valence-corrected chi connectivity index (χ1v) is 9.56. The maximum Gasteiger partial charge on any atom is 0.320 e. The van der Waals surface area contributed by atoms with Gasteiger partial charge in [0.2, 0.25) is 0 Å². The monoisotopic (exact) mass is 380 g/mol. The zero-order valence-corrected chi connectivity index (χ0v) is 15.7. The molecule has 2 aromatic rings. The summed E-state index contributed by atoms with van der Waals surface area (Å²) in [6, 6.07) is 18.6. The molecule has 0 unspecified atom stereocenters. The molecule has 1 saturated carbocycles.